The summed E-state index contributed by atoms with van der Waals surface area (Å²) >= 11 is 0. The van der Waals surface area contributed by atoms with Gasteiger partial charge in [-0.2, -0.15) is 0 Å². The van der Waals surface area contributed by atoms with Crippen molar-refractivity contribution < 1.29 is 4.79 Å². The van der Waals surface area contributed by atoms with E-state index in [4.69, 9.17) is 5.73 Å². The van der Waals surface area contributed by atoms with E-state index in [0.717, 1.165) is 62.5 Å². The first kappa shape index (κ1) is 18.3. The number of urea groups is 1. The number of nitrogens with two attached hydrogens (primary N) is 1. The first-order valence-electron chi connectivity index (χ1n) is 11.3. The monoisotopic (exact) mass is 382 g/mol. The maximum absolute atomic E-state index is 12.6. The molecule has 4 saturated carbocycles. The lowest BCUT2D eigenvalue weighted by Crippen LogP contribution is -2.51. The van der Waals surface area contributed by atoms with Crippen LogP contribution in [0.2, 0.25) is 0 Å². The van der Waals surface area contributed by atoms with Crippen LogP contribution in [-0.4, -0.2) is 32.2 Å². The van der Waals surface area contributed by atoms with Crippen LogP contribution in [0.15, 0.2) is 18.2 Å². The van der Waals surface area contributed by atoms with Crippen LogP contribution in [0.25, 0.3) is 0 Å². The van der Waals surface area contributed by atoms with Crippen molar-refractivity contribution in [3.8, 4) is 0 Å². The van der Waals surface area contributed by atoms with Crippen LogP contribution in [0, 0.1) is 23.2 Å². The van der Waals surface area contributed by atoms with E-state index in [1.807, 2.05) is 6.07 Å². The molecular formula is C23H34N4O. The second-order valence-corrected chi connectivity index (χ2v) is 9.95. The molecule has 0 atom stereocenters. The largest absolute Gasteiger partial charge is 0.371 e. The molecule has 0 saturated heterocycles. The maximum atomic E-state index is 12.6. The molecule has 0 unspecified atom stereocenters. The van der Waals surface area contributed by atoms with Crippen molar-refractivity contribution in [2.45, 2.75) is 51.4 Å². The molecule has 1 aromatic rings. The maximum Gasteiger partial charge on any atom is 0.319 e. The van der Waals surface area contributed by atoms with Crippen molar-refractivity contribution in [1.29, 1.82) is 0 Å². The van der Waals surface area contributed by atoms with Crippen LogP contribution in [0.4, 0.5) is 16.2 Å². The van der Waals surface area contributed by atoms with Crippen LogP contribution >= 0.6 is 0 Å². The summed E-state index contributed by atoms with van der Waals surface area (Å²) < 4.78 is 0. The Morgan fingerprint density at radius 2 is 1.86 bits per heavy atom. The van der Waals surface area contributed by atoms with E-state index in [0.29, 0.717) is 5.41 Å². The quantitative estimate of drug-likeness (QED) is 0.702. The van der Waals surface area contributed by atoms with E-state index in [1.165, 1.54) is 49.8 Å². The number of fused-ring (bicyclic) bond motifs is 1. The Kier molecular flexibility index (Phi) is 4.74. The Morgan fingerprint density at radius 3 is 2.54 bits per heavy atom. The SMILES string of the molecule is NCCCN1CCc2cc(NC(=O)NCC34CC5CC(CC(C5)C3)C4)ccc21. The Labute approximate surface area is 168 Å². The third kappa shape index (κ3) is 3.49. The molecule has 2 amide bonds. The summed E-state index contributed by atoms with van der Waals surface area (Å²) in [5.74, 6) is 2.78. The predicted molar refractivity (Wildman–Crippen MR) is 114 cm³/mol. The van der Waals surface area contributed by atoms with Gasteiger partial charge >= 0.3 is 6.03 Å². The highest BCUT2D eigenvalue weighted by Gasteiger charge is 2.50. The molecule has 0 radical (unpaired) electrons. The van der Waals surface area contributed by atoms with Gasteiger partial charge in [0.05, 0.1) is 0 Å². The van der Waals surface area contributed by atoms with Gasteiger partial charge in [0, 0.05) is 31.0 Å². The lowest BCUT2D eigenvalue weighted by molar-refractivity contribution is -0.0496. The fraction of sp³-hybridized carbons (Fsp3) is 0.696. The molecule has 4 fully saturated rings. The molecule has 5 nitrogen and oxygen atoms in total. The fourth-order valence-corrected chi connectivity index (χ4v) is 7.01. The van der Waals surface area contributed by atoms with E-state index in [9.17, 15) is 4.79 Å². The van der Waals surface area contributed by atoms with E-state index in [1.54, 1.807) is 0 Å². The molecule has 28 heavy (non-hydrogen) atoms. The zero-order valence-electron chi connectivity index (χ0n) is 16.9. The third-order valence-corrected chi connectivity index (χ3v) is 7.75. The Balaban J connectivity index is 1.17. The molecular weight excluding hydrogens is 348 g/mol. The number of amides is 2. The van der Waals surface area contributed by atoms with Crippen molar-refractivity contribution in [2.24, 2.45) is 28.9 Å². The van der Waals surface area contributed by atoms with Gasteiger partial charge in [-0.1, -0.05) is 0 Å². The fourth-order valence-electron chi connectivity index (χ4n) is 7.01. The Hall–Kier alpha value is -1.75. The number of nitrogens with one attached hydrogen (secondary N) is 2. The van der Waals surface area contributed by atoms with Crippen LogP contribution < -0.4 is 21.3 Å². The average Bonchev–Trinajstić information content (AvgIpc) is 3.06. The summed E-state index contributed by atoms with van der Waals surface area (Å²) in [5, 5.41) is 6.29. The molecule has 1 heterocycles. The number of rotatable bonds is 6. The number of benzene rings is 1. The van der Waals surface area contributed by atoms with Gasteiger partial charge in [-0.25, -0.2) is 4.79 Å². The zero-order valence-corrected chi connectivity index (χ0v) is 16.9. The first-order valence-corrected chi connectivity index (χ1v) is 11.3. The lowest BCUT2D eigenvalue weighted by Gasteiger charge is -2.56. The van der Waals surface area contributed by atoms with E-state index in [2.05, 4.69) is 27.7 Å². The minimum Gasteiger partial charge on any atom is -0.371 e. The molecule has 4 bridgehead atoms. The van der Waals surface area contributed by atoms with Crippen LogP contribution in [-0.2, 0) is 6.42 Å². The predicted octanol–water partition coefficient (Wildman–Crippen LogP) is 3.74. The van der Waals surface area contributed by atoms with Gasteiger partial charge in [0.2, 0.25) is 0 Å². The highest BCUT2D eigenvalue weighted by molar-refractivity contribution is 5.89. The van der Waals surface area contributed by atoms with Crippen molar-refractivity contribution in [1.82, 2.24) is 5.32 Å². The van der Waals surface area contributed by atoms with Crippen LogP contribution in [0.1, 0.15) is 50.5 Å². The Morgan fingerprint density at radius 1 is 1.14 bits per heavy atom. The Bertz CT molecular complexity index is 711. The second kappa shape index (κ2) is 7.25. The summed E-state index contributed by atoms with van der Waals surface area (Å²) in [6.07, 6.45) is 10.4. The van der Waals surface area contributed by atoms with Crippen molar-refractivity contribution in [3.05, 3.63) is 23.8 Å². The number of anilines is 2. The van der Waals surface area contributed by atoms with Crippen molar-refractivity contribution in [3.63, 3.8) is 0 Å². The van der Waals surface area contributed by atoms with Crippen LogP contribution in [0.3, 0.4) is 0 Å². The summed E-state index contributed by atoms with van der Waals surface area (Å²) in [6.45, 7) is 3.65. The number of carbonyl (C=O) groups is 1. The molecule has 1 aromatic carbocycles. The van der Waals surface area contributed by atoms with E-state index < -0.39 is 0 Å². The first-order chi connectivity index (χ1) is 13.6. The molecule has 5 aliphatic rings. The van der Waals surface area contributed by atoms with Gasteiger partial charge in [0.25, 0.3) is 0 Å². The molecule has 4 N–H and O–H groups in total. The van der Waals surface area contributed by atoms with E-state index in [-0.39, 0.29) is 6.03 Å². The van der Waals surface area contributed by atoms with Crippen molar-refractivity contribution >= 4 is 17.4 Å². The molecule has 152 valence electrons. The van der Waals surface area contributed by atoms with Gasteiger partial charge in [-0.05, 0) is 105 Å². The van der Waals surface area contributed by atoms with Gasteiger partial charge in [0.1, 0.15) is 0 Å². The number of hydrogen-bond donors (Lipinski definition) is 3. The minimum absolute atomic E-state index is 0.0475. The molecule has 5 heteroatoms. The second-order valence-electron chi connectivity index (χ2n) is 9.95. The molecule has 1 aliphatic heterocycles. The van der Waals surface area contributed by atoms with Crippen molar-refractivity contribution in [2.75, 3.05) is 36.4 Å². The lowest BCUT2D eigenvalue weighted by atomic mass is 9.49. The number of hydrogen-bond acceptors (Lipinski definition) is 3. The molecule has 4 aliphatic carbocycles. The highest BCUT2D eigenvalue weighted by Crippen LogP contribution is 2.59. The van der Waals surface area contributed by atoms with Crippen LogP contribution in [0.5, 0.6) is 0 Å². The van der Waals surface area contributed by atoms with Gasteiger partial charge in [-0.3, -0.25) is 0 Å². The summed E-state index contributed by atoms with van der Waals surface area (Å²) in [7, 11) is 0. The summed E-state index contributed by atoms with van der Waals surface area (Å²) in [4.78, 5) is 15.0. The number of carbonyl (C=O) groups excluding carboxylic acids is 1. The third-order valence-electron chi connectivity index (χ3n) is 7.75. The minimum atomic E-state index is -0.0475. The summed E-state index contributed by atoms with van der Waals surface area (Å²) in [5.41, 5.74) is 9.56. The normalized spacial score (nSPS) is 32.5. The summed E-state index contributed by atoms with van der Waals surface area (Å²) in [6, 6.07) is 6.27. The standard InChI is InChI=1S/C23H34N4O/c24-5-1-6-27-7-4-19-11-20(2-3-21(19)27)26-22(28)25-15-23-12-16-8-17(13-23)10-18(9-16)14-23/h2-3,11,16-18H,1,4-10,12-15,24H2,(H2,25,26,28). The van der Waals surface area contributed by atoms with Gasteiger partial charge < -0.3 is 21.3 Å². The van der Waals surface area contributed by atoms with Gasteiger partial charge in [0.15, 0.2) is 0 Å². The molecule has 6 rings (SSSR count). The average molecular weight is 383 g/mol. The molecule has 0 spiro atoms. The topological polar surface area (TPSA) is 70.4 Å². The highest BCUT2D eigenvalue weighted by atomic mass is 16.2. The smallest absolute Gasteiger partial charge is 0.319 e. The van der Waals surface area contributed by atoms with Gasteiger partial charge in [-0.15, -0.1) is 0 Å². The molecule has 0 aromatic heterocycles. The zero-order chi connectivity index (χ0) is 19.1. The number of nitrogens with zero attached hydrogens (tertiary/aromatic N) is 1. The van der Waals surface area contributed by atoms with E-state index >= 15 is 0 Å².